The van der Waals surface area contributed by atoms with Gasteiger partial charge < -0.3 is 9.84 Å². The molecule has 1 N–H and O–H groups in total. The van der Waals surface area contributed by atoms with Gasteiger partial charge in [0, 0.05) is 22.3 Å². The van der Waals surface area contributed by atoms with Crippen molar-refractivity contribution in [2.45, 2.75) is 39.2 Å². The van der Waals surface area contributed by atoms with Crippen LogP contribution in [0.25, 0.3) is 10.7 Å². The second-order valence-corrected chi connectivity index (χ2v) is 8.16. The van der Waals surface area contributed by atoms with Crippen LogP contribution in [0.1, 0.15) is 38.5 Å². The van der Waals surface area contributed by atoms with Crippen LogP contribution in [0.15, 0.2) is 20.4 Å². The zero-order valence-corrected chi connectivity index (χ0v) is 16.7. The number of rotatable bonds is 7. The van der Waals surface area contributed by atoms with Crippen molar-refractivity contribution in [3.05, 3.63) is 21.8 Å². The summed E-state index contributed by atoms with van der Waals surface area (Å²) in [7, 11) is 0. The Morgan fingerprint density at radius 2 is 2.28 bits per heavy atom. The molecule has 0 radical (unpaired) electrons. The number of piperidine rings is 1. The number of hydrogen-bond acceptors (Lipinski definition) is 6. The Kier molecular flexibility index (Phi) is 6.61. The van der Waals surface area contributed by atoms with Crippen molar-refractivity contribution < 1.29 is 9.32 Å². The molecule has 0 atom stereocenters. The van der Waals surface area contributed by atoms with Crippen molar-refractivity contribution in [1.82, 2.24) is 20.4 Å². The fraction of sp³-hybridized carbons (Fsp3) is 0.588. The number of likely N-dealkylation sites (tertiary alicyclic amines) is 1. The van der Waals surface area contributed by atoms with Gasteiger partial charge in [-0.3, -0.25) is 9.69 Å². The topological polar surface area (TPSA) is 71.3 Å². The first-order valence-corrected chi connectivity index (χ1v) is 10.4. The summed E-state index contributed by atoms with van der Waals surface area (Å²) in [6, 6.07) is 1.99. The van der Waals surface area contributed by atoms with Crippen molar-refractivity contribution in [2.24, 2.45) is 5.92 Å². The number of hydrogen-bond donors (Lipinski definition) is 1. The van der Waals surface area contributed by atoms with E-state index in [0.29, 0.717) is 18.3 Å². The highest BCUT2D eigenvalue weighted by Crippen LogP contribution is 2.28. The number of unbranched alkanes of at least 4 members (excludes halogenated alkanes) is 1. The van der Waals surface area contributed by atoms with Gasteiger partial charge in [0.15, 0.2) is 0 Å². The van der Waals surface area contributed by atoms with Gasteiger partial charge in [0.25, 0.3) is 0 Å². The lowest BCUT2D eigenvalue weighted by Crippen LogP contribution is -2.40. The molecule has 1 fully saturated rings. The zero-order chi connectivity index (χ0) is 17.6. The van der Waals surface area contributed by atoms with Crippen molar-refractivity contribution in [1.29, 1.82) is 0 Å². The number of nitrogens with one attached hydrogen (secondary N) is 1. The fourth-order valence-corrected chi connectivity index (χ4v) is 4.28. The first-order valence-electron chi connectivity index (χ1n) is 8.72. The highest BCUT2D eigenvalue weighted by atomic mass is 79.9. The average molecular weight is 427 g/mol. The van der Waals surface area contributed by atoms with Gasteiger partial charge in [-0.15, -0.1) is 11.3 Å². The summed E-state index contributed by atoms with van der Waals surface area (Å²) < 4.78 is 6.41. The second kappa shape index (κ2) is 8.91. The minimum absolute atomic E-state index is 0.134. The SMILES string of the molecule is CCCCNC(=O)C1CCN(Cc2nc(-c3cc(Br)cs3)no2)CC1. The molecule has 25 heavy (non-hydrogen) atoms. The predicted molar refractivity (Wildman–Crippen MR) is 101 cm³/mol. The van der Waals surface area contributed by atoms with Gasteiger partial charge in [0.1, 0.15) is 0 Å². The number of amides is 1. The molecule has 1 amide bonds. The van der Waals surface area contributed by atoms with E-state index in [0.717, 1.165) is 54.7 Å². The molecule has 0 aliphatic carbocycles. The standard InChI is InChI=1S/C17H23BrN4O2S/c1-2-3-6-19-17(23)12-4-7-22(8-5-12)10-15-20-16(21-24-15)14-9-13(18)11-25-14/h9,11-12H,2-8,10H2,1H3,(H,19,23). The number of thiophene rings is 1. The Morgan fingerprint density at radius 3 is 2.96 bits per heavy atom. The molecular weight excluding hydrogens is 404 g/mol. The van der Waals surface area contributed by atoms with E-state index < -0.39 is 0 Å². The number of nitrogens with zero attached hydrogens (tertiary/aromatic N) is 3. The van der Waals surface area contributed by atoms with Crippen LogP contribution in [-0.4, -0.2) is 40.6 Å². The van der Waals surface area contributed by atoms with Gasteiger partial charge in [0.2, 0.25) is 17.6 Å². The van der Waals surface area contributed by atoms with Crippen LogP contribution in [0.5, 0.6) is 0 Å². The lowest BCUT2D eigenvalue weighted by molar-refractivity contribution is -0.126. The molecule has 1 aliphatic rings. The third kappa shape index (κ3) is 5.12. The molecule has 0 saturated carbocycles. The van der Waals surface area contributed by atoms with Crippen LogP contribution in [0, 0.1) is 5.92 Å². The molecule has 0 aromatic carbocycles. The highest BCUT2D eigenvalue weighted by Gasteiger charge is 2.25. The van der Waals surface area contributed by atoms with E-state index >= 15 is 0 Å². The molecule has 1 aliphatic heterocycles. The van der Waals surface area contributed by atoms with Gasteiger partial charge in [-0.05, 0) is 54.3 Å². The number of halogens is 1. The van der Waals surface area contributed by atoms with Crippen molar-refractivity contribution in [3.8, 4) is 10.7 Å². The Hall–Kier alpha value is -1.25. The summed E-state index contributed by atoms with van der Waals surface area (Å²) in [6.07, 6.45) is 3.92. The summed E-state index contributed by atoms with van der Waals surface area (Å²) >= 11 is 5.02. The number of carbonyl (C=O) groups is 1. The van der Waals surface area contributed by atoms with Gasteiger partial charge in [-0.1, -0.05) is 18.5 Å². The molecule has 3 rings (SSSR count). The Balaban J connectivity index is 1.46. The second-order valence-electron chi connectivity index (χ2n) is 6.34. The lowest BCUT2D eigenvalue weighted by atomic mass is 9.96. The summed E-state index contributed by atoms with van der Waals surface area (Å²) in [5.41, 5.74) is 0. The molecule has 6 nitrogen and oxygen atoms in total. The molecule has 3 heterocycles. The summed E-state index contributed by atoms with van der Waals surface area (Å²) in [6.45, 7) is 5.33. The summed E-state index contributed by atoms with van der Waals surface area (Å²) in [4.78, 5) is 19.9. The number of aromatic nitrogens is 2. The van der Waals surface area contributed by atoms with Gasteiger partial charge in [0.05, 0.1) is 11.4 Å². The van der Waals surface area contributed by atoms with Crippen molar-refractivity contribution >= 4 is 33.2 Å². The highest BCUT2D eigenvalue weighted by molar-refractivity contribution is 9.10. The third-order valence-electron chi connectivity index (χ3n) is 4.40. The molecule has 0 unspecified atom stereocenters. The molecule has 8 heteroatoms. The van der Waals surface area contributed by atoms with Crippen LogP contribution in [0.4, 0.5) is 0 Å². The Labute approximate surface area is 160 Å². The monoisotopic (exact) mass is 426 g/mol. The lowest BCUT2D eigenvalue weighted by Gasteiger charge is -2.30. The normalized spacial score (nSPS) is 16.2. The maximum Gasteiger partial charge on any atom is 0.241 e. The van der Waals surface area contributed by atoms with E-state index in [4.69, 9.17) is 4.52 Å². The smallest absolute Gasteiger partial charge is 0.241 e. The van der Waals surface area contributed by atoms with E-state index in [9.17, 15) is 4.79 Å². The minimum atomic E-state index is 0.134. The van der Waals surface area contributed by atoms with Crippen LogP contribution in [0.3, 0.4) is 0 Å². The van der Waals surface area contributed by atoms with Crippen molar-refractivity contribution in [3.63, 3.8) is 0 Å². The number of carbonyl (C=O) groups excluding carboxylic acids is 1. The first-order chi connectivity index (χ1) is 12.2. The van der Waals surface area contributed by atoms with Crippen LogP contribution in [0.2, 0.25) is 0 Å². The molecular formula is C17H23BrN4O2S. The average Bonchev–Trinajstić information content (AvgIpc) is 3.24. The summed E-state index contributed by atoms with van der Waals surface area (Å²) in [5, 5.41) is 9.10. The maximum atomic E-state index is 12.1. The van der Waals surface area contributed by atoms with Crippen LogP contribution < -0.4 is 5.32 Å². The molecule has 136 valence electrons. The zero-order valence-electron chi connectivity index (χ0n) is 14.3. The molecule has 0 bridgehead atoms. The van der Waals surface area contributed by atoms with E-state index in [-0.39, 0.29) is 11.8 Å². The van der Waals surface area contributed by atoms with E-state index in [1.54, 1.807) is 11.3 Å². The van der Waals surface area contributed by atoms with Crippen molar-refractivity contribution in [2.75, 3.05) is 19.6 Å². The van der Waals surface area contributed by atoms with E-state index in [1.807, 2.05) is 11.4 Å². The molecule has 1 saturated heterocycles. The van der Waals surface area contributed by atoms with E-state index in [1.165, 1.54) is 0 Å². The summed E-state index contributed by atoms with van der Waals surface area (Å²) in [5.74, 6) is 1.60. The molecule has 2 aromatic rings. The fourth-order valence-electron chi connectivity index (χ4n) is 2.93. The molecule has 2 aromatic heterocycles. The van der Waals surface area contributed by atoms with Gasteiger partial charge in [-0.25, -0.2) is 0 Å². The Morgan fingerprint density at radius 1 is 1.48 bits per heavy atom. The quantitative estimate of drug-likeness (QED) is 0.683. The third-order valence-corrected chi connectivity index (χ3v) is 6.09. The maximum absolute atomic E-state index is 12.1. The van der Waals surface area contributed by atoms with E-state index in [2.05, 4.69) is 43.2 Å². The van der Waals surface area contributed by atoms with Gasteiger partial charge in [-0.2, -0.15) is 4.98 Å². The van der Waals surface area contributed by atoms with Crippen LogP contribution >= 0.6 is 27.3 Å². The first kappa shape index (κ1) is 18.5. The predicted octanol–water partition coefficient (Wildman–Crippen LogP) is 3.69. The largest absolute Gasteiger partial charge is 0.356 e. The van der Waals surface area contributed by atoms with Gasteiger partial charge >= 0.3 is 0 Å². The Bertz CT molecular complexity index is 694. The van der Waals surface area contributed by atoms with Crippen LogP contribution in [-0.2, 0) is 11.3 Å². The minimum Gasteiger partial charge on any atom is -0.356 e. The molecule has 0 spiro atoms.